The maximum Gasteiger partial charge on any atom is 0.407 e. The van der Waals surface area contributed by atoms with E-state index in [0.717, 1.165) is 37.0 Å². The molecule has 0 spiro atoms. The van der Waals surface area contributed by atoms with Gasteiger partial charge in [0, 0.05) is 23.4 Å². The molecule has 2 saturated carbocycles. The number of anilines is 1. The predicted octanol–water partition coefficient (Wildman–Crippen LogP) is 5.89. The third-order valence-electron chi connectivity index (χ3n) is 9.13. The number of esters is 1. The van der Waals surface area contributed by atoms with E-state index in [2.05, 4.69) is 24.1 Å². The molecule has 0 bridgehead atoms. The van der Waals surface area contributed by atoms with Gasteiger partial charge in [-0.2, -0.15) is 0 Å². The van der Waals surface area contributed by atoms with Crippen LogP contribution in [-0.4, -0.2) is 62.8 Å². The van der Waals surface area contributed by atoms with Gasteiger partial charge in [0.05, 0.1) is 36.8 Å². The highest BCUT2D eigenvalue weighted by Crippen LogP contribution is 2.39. The zero-order valence-electron chi connectivity index (χ0n) is 26.1. The van der Waals surface area contributed by atoms with Gasteiger partial charge in [0.2, 0.25) is 5.91 Å². The van der Waals surface area contributed by atoms with Crippen molar-refractivity contribution in [3.63, 3.8) is 0 Å². The number of carbonyl (C=O) groups is 3. The monoisotopic (exact) mass is 614 g/mol. The van der Waals surface area contributed by atoms with Crippen molar-refractivity contribution in [1.29, 1.82) is 0 Å². The number of hydrogen-bond donors (Lipinski definition) is 1. The van der Waals surface area contributed by atoms with Crippen LogP contribution < -0.4 is 10.2 Å². The van der Waals surface area contributed by atoms with Crippen molar-refractivity contribution >= 4 is 35.0 Å². The lowest BCUT2D eigenvalue weighted by atomic mass is 9.81. The molecule has 2 aliphatic heterocycles. The summed E-state index contributed by atoms with van der Waals surface area (Å²) in [6.45, 7) is 9.35. The van der Waals surface area contributed by atoms with Crippen molar-refractivity contribution in [3.05, 3.63) is 15.8 Å². The fraction of sp³-hybridized carbons (Fsp3) is 0.727. The smallest absolute Gasteiger partial charge is 0.407 e. The van der Waals surface area contributed by atoms with Crippen LogP contribution in [0.5, 0.6) is 0 Å². The summed E-state index contributed by atoms with van der Waals surface area (Å²) in [6.07, 6.45) is 6.41. The van der Waals surface area contributed by atoms with Gasteiger partial charge in [-0.05, 0) is 90.5 Å². The van der Waals surface area contributed by atoms with E-state index in [0.29, 0.717) is 55.4 Å². The van der Waals surface area contributed by atoms with E-state index in [4.69, 9.17) is 18.9 Å². The zero-order valence-corrected chi connectivity index (χ0v) is 26.9. The third-order valence-corrected chi connectivity index (χ3v) is 10.2. The number of methoxy groups -OCH3 is 1. The highest BCUT2D eigenvalue weighted by atomic mass is 32.1. The summed E-state index contributed by atoms with van der Waals surface area (Å²) < 4.78 is 22.0. The summed E-state index contributed by atoms with van der Waals surface area (Å²) in [5, 5.41) is 3.04. The van der Waals surface area contributed by atoms with Crippen LogP contribution in [0.15, 0.2) is 6.07 Å². The Labute approximate surface area is 259 Å². The van der Waals surface area contributed by atoms with Crippen LogP contribution in [0.1, 0.15) is 100 Å². The van der Waals surface area contributed by atoms with Gasteiger partial charge < -0.3 is 29.2 Å². The molecule has 4 fully saturated rings. The predicted molar refractivity (Wildman–Crippen MR) is 164 cm³/mol. The van der Waals surface area contributed by atoms with Crippen molar-refractivity contribution in [2.45, 2.75) is 110 Å². The normalized spacial score (nSPS) is 30.5. The molecule has 236 valence electrons. The van der Waals surface area contributed by atoms with E-state index in [1.54, 1.807) is 0 Å². The van der Waals surface area contributed by atoms with Crippen LogP contribution in [0.25, 0.3) is 0 Å². The minimum atomic E-state index is -0.456. The molecule has 1 aromatic rings. The fourth-order valence-electron chi connectivity index (χ4n) is 6.67. The number of hydrogen-bond acceptors (Lipinski definition) is 8. The summed E-state index contributed by atoms with van der Waals surface area (Å²) in [5.74, 6) is 6.73. The largest absolute Gasteiger partial charge is 0.465 e. The third kappa shape index (κ3) is 7.73. The molecule has 43 heavy (non-hydrogen) atoms. The van der Waals surface area contributed by atoms with E-state index in [1.165, 1.54) is 18.4 Å². The Bertz CT molecular complexity index is 1230. The summed E-state index contributed by atoms with van der Waals surface area (Å²) in [5.41, 5.74) is 0.400. The first-order chi connectivity index (χ1) is 20.5. The lowest BCUT2D eigenvalue weighted by molar-refractivity contribution is -0.124. The molecule has 1 aromatic heterocycles. The molecule has 4 aliphatic rings. The number of nitrogens with one attached hydrogen (secondary N) is 1. The molecule has 3 unspecified atom stereocenters. The number of nitrogens with zero attached hydrogens (tertiary/aromatic N) is 1. The van der Waals surface area contributed by atoms with Crippen LogP contribution >= 0.6 is 11.3 Å². The Morgan fingerprint density at radius 2 is 1.74 bits per heavy atom. The van der Waals surface area contributed by atoms with Gasteiger partial charge in [0.1, 0.15) is 11.0 Å². The molecule has 0 radical (unpaired) electrons. The van der Waals surface area contributed by atoms with Gasteiger partial charge in [-0.3, -0.25) is 4.79 Å². The second kappa shape index (κ2) is 13.6. The van der Waals surface area contributed by atoms with Crippen LogP contribution in [0.2, 0.25) is 0 Å². The molecule has 2 aliphatic carbocycles. The molecule has 0 aromatic carbocycles. The average molecular weight is 615 g/mol. The standard InChI is InChI=1S/C33H46N2O7S/c1-20-6-8-21(9-7-20)29(36)35(26-18-24(14-16-33(2,3)4)43-28(26)30(37)39-5)23-12-10-22(11-13-23)34-32(38)42-27-19-41-31-25(27)15-17-40-31/h18,20-23,25,27,31H,6-13,15,17,19H2,1-5H3,(H,34,38)/t20-,21-,22?,23?,25?,27?,31?. The second-order valence-corrected chi connectivity index (χ2v) is 14.7. The van der Waals surface area contributed by atoms with Crippen LogP contribution in [-0.2, 0) is 23.7 Å². The number of amides is 2. The molecule has 9 nitrogen and oxygen atoms in total. The van der Waals surface area contributed by atoms with Crippen LogP contribution in [0.3, 0.4) is 0 Å². The number of rotatable bonds is 6. The van der Waals surface area contributed by atoms with Gasteiger partial charge in [0.25, 0.3) is 0 Å². The number of carbonyl (C=O) groups excluding carboxylic acids is 3. The first-order valence-electron chi connectivity index (χ1n) is 15.8. The topological polar surface area (TPSA) is 103 Å². The Kier molecular flexibility index (Phi) is 10.0. The van der Waals surface area contributed by atoms with Crippen molar-refractivity contribution in [1.82, 2.24) is 5.32 Å². The second-order valence-electron chi connectivity index (χ2n) is 13.6. The lowest BCUT2D eigenvalue weighted by Crippen LogP contribution is -2.49. The average Bonchev–Trinajstić information content (AvgIpc) is 3.70. The Hall–Kier alpha value is -2.61. The van der Waals surface area contributed by atoms with E-state index in [1.807, 2.05) is 31.7 Å². The molecular formula is C33H46N2O7S. The summed E-state index contributed by atoms with van der Waals surface area (Å²) in [6, 6.07) is 1.75. The van der Waals surface area contributed by atoms with E-state index >= 15 is 0 Å². The number of thiophene rings is 1. The SMILES string of the molecule is COC(=O)c1sc(C#CC(C)(C)C)cc1N(C(=O)[C@H]1CC[C@H](C)CC1)C1CCC(NC(=O)OC2COC3OCCC23)CC1. The van der Waals surface area contributed by atoms with E-state index in [-0.39, 0.29) is 47.6 Å². The van der Waals surface area contributed by atoms with Crippen LogP contribution in [0, 0.1) is 35.0 Å². The number of fused-ring (bicyclic) bond motifs is 1. The number of alkyl carbamates (subject to hydrolysis) is 1. The molecule has 10 heteroatoms. The quantitative estimate of drug-likeness (QED) is 0.315. The summed E-state index contributed by atoms with van der Waals surface area (Å²) >= 11 is 1.29. The summed E-state index contributed by atoms with van der Waals surface area (Å²) in [4.78, 5) is 43.1. The van der Waals surface area contributed by atoms with Crippen molar-refractivity contribution in [3.8, 4) is 11.8 Å². The lowest BCUT2D eigenvalue weighted by Gasteiger charge is -2.39. The van der Waals surface area contributed by atoms with Crippen molar-refractivity contribution in [2.24, 2.45) is 23.2 Å². The molecule has 3 heterocycles. The van der Waals surface area contributed by atoms with Gasteiger partial charge >= 0.3 is 12.1 Å². The molecule has 3 atom stereocenters. The highest BCUT2D eigenvalue weighted by Gasteiger charge is 2.44. The minimum absolute atomic E-state index is 0.0510. The van der Waals surface area contributed by atoms with Gasteiger partial charge in [0.15, 0.2) is 6.29 Å². The highest BCUT2D eigenvalue weighted by molar-refractivity contribution is 7.15. The minimum Gasteiger partial charge on any atom is -0.465 e. The van der Waals surface area contributed by atoms with Crippen molar-refractivity contribution < 1.29 is 33.3 Å². The van der Waals surface area contributed by atoms with Gasteiger partial charge in [-0.1, -0.05) is 18.8 Å². The molecule has 2 saturated heterocycles. The molecular weight excluding hydrogens is 568 g/mol. The Balaban J connectivity index is 1.32. The molecule has 1 N–H and O–H groups in total. The first-order valence-corrected chi connectivity index (χ1v) is 16.6. The van der Waals surface area contributed by atoms with Gasteiger partial charge in [-0.25, -0.2) is 9.59 Å². The fourth-order valence-corrected chi connectivity index (χ4v) is 7.59. The van der Waals surface area contributed by atoms with Gasteiger partial charge in [-0.15, -0.1) is 11.3 Å². The Morgan fingerprint density at radius 1 is 1.02 bits per heavy atom. The summed E-state index contributed by atoms with van der Waals surface area (Å²) in [7, 11) is 1.37. The molecule has 2 amide bonds. The maximum atomic E-state index is 14.3. The Morgan fingerprint density at radius 3 is 2.42 bits per heavy atom. The molecule has 5 rings (SSSR count). The number of ether oxygens (including phenoxy) is 4. The first kappa shape index (κ1) is 31.8. The van der Waals surface area contributed by atoms with E-state index in [9.17, 15) is 14.4 Å². The van der Waals surface area contributed by atoms with Crippen molar-refractivity contribution in [2.75, 3.05) is 25.2 Å². The maximum absolute atomic E-state index is 14.3. The van der Waals surface area contributed by atoms with Crippen LogP contribution in [0.4, 0.5) is 10.5 Å². The zero-order chi connectivity index (χ0) is 30.7. The van der Waals surface area contributed by atoms with E-state index < -0.39 is 12.1 Å².